The average molecular weight is 258 g/mol. The Morgan fingerprint density at radius 1 is 0.895 bits per heavy atom. The van der Waals surface area contributed by atoms with Crippen LogP contribution in [0.4, 0.5) is 0 Å². The second-order valence-corrected chi connectivity index (χ2v) is 3.32. The lowest BCUT2D eigenvalue weighted by molar-refractivity contribution is -0.106. The van der Waals surface area contributed by atoms with Crippen LogP contribution in [-0.2, 0) is 11.4 Å². The zero-order chi connectivity index (χ0) is 14.3. The van der Waals surface area contributed by atoms with Crippen LogP contribution in [0, 0.1) is 0 Å². The minimum absolute atomic E-state index is 0.630. The quantitative estimate of drug-likeness (QED) is 0.758. The van der Waals surface area contributed by atoms with Gasteiger partial charge in [0.15, 0.2) is 0 Å². The summed E-state index contributed by atoms with van der Waals surface area (Å²) < 4.78 is 5.59. The van der Waals surface area contributed by atoms with Gasteiger partial charge in [0.25, 0.3) is 0 Å². The van der Waals surface area contributed by atoms with Crippen LogP contribution in [0.5, 0.6) is 5.75 Å². The molecular weight excluding hydrogens is 236 g/mol. The Morgan fingerprint density at radius 3 is 1.79 bits per heavy atom. The molecule has 0 aliphatic carbocycles. The van der Waals surface area contributed by atoms with E-state index >= 15 is 0 Å². The predicted molar refractivity (Wildman–Crippen MR) is 80.3 cm³/mol. The minimum atomic E-state index is 0.630. The molecule has 2 aromatic rings. The topological polar surface area (TPSA) is 26.3 Å². The smallest absolute Gasteiger partial charge is 0.119 e. The summed E-state index contributed by atoms with van der Waals surface area (Å²) in [5, 5.41) is 0. The van der Waals surface area contributed by atoms with Crippen LogP contribution in [0.1, 0.15) is 26.3 Å². The van der Waals surface area contributed by atoms with Crippen molar-refractivity contribution in [2.45, 2.75) is 27.4 Å². The molecule has 0 aliphatic heterocycles. The van der Waals surface area contributed by atoms with Gasteiger partial charge in [-0.1, -0.05) is 62.4 Å². The molecule has 0 aromatic heterocycles. The number of rotatable bonds is 3. The summed E-state index contributed by atoms with van der Waals surface area (Å²) in [6, 6.07) is 20.0. The molecule has 0 N–H and O–H groups in total. The summed E-state index contributed by atoms with van der Waals surface area (Å²) in [7, 11) is 0. The molecule has 2 aromatic carbocycles. The highest BCUT2D eigenvalue weighted by Crippen LogP contribution is 2.10. The summed E-state index contributed by atoms with van der Waals surface area (Å²) in [6.07, 6.45) is 0.750. The van der Waals surface area contributed by atoms with Gasteiger partial charge >= 0.3 is 0 Å². The molecule has 19 heavy (non-hydrogen) atoms. The van der Waals surface area contributed by atoms with Crippen molar-refractivity contribution >= 4 is 6.29 Å². The minimum Gasteiger partial charge on any atom is -0.489 e. The highest BCUT2D eigenvalue weighted by Gasteiger charge is 1.92. The Bertz CT molecular complexity index is 370. The number of aldehydes is 1. The van der Waals surface area contributed by atoms with E-state index < -0.39 is 0 Å². The monoisotopic (exact) mass is 258 g/mol. The maximum Gasteiger partial charge on any atom is 0.119 e. The lowest BCUT2D eigenvalue weighted by Crippen LogP contribution is -1.94. The molecule has 0 saturated heterocycles. The lowest BCUT2D eigenvalue weighted by atomic mass is 10.2. The van der Waals surface area contributed by atoms with Crippen molar-refractivity contribution in [2.75, 3.05) is 0 Å². The molecule has 0 fully saturated rings. The maximum atomic E-state index is 8.81. The largest absolute Gasteiger partial charge is 0.489 e. The van der Waals surface area contributed by atoms with E-state index in [0.29, 0.717) is 6.61 Å². The van der Waals surface area contributed by atoms with Gasteiger partial charge in [0.1, 0.15) is 18.6 Å². The summed E-state index contributed by atoms with van der Waals surface area (Å²) in [5.74, 6) is 0.913. The van der Waals surface area contributed by atoms with Gasteiger partial charge in [0, 0.05) is 0 Å². The fraction of sp³-hybridized carbons (Fsp3) is 0.235. The third-order valence-corrected chi connectivity index (χ3v) is 1.99. The zero-order valence-corrected chi connectivity index (χ0v) is 11.9. The van der Waals surface area contributed by atoms with Crippen molar-refractivity contribution in [3.05, 3.63) is 66.2 Å². The molecule has 0 spiro atoms. The average Bonchev–Trinajstić information content (AvgIpc) is 2.50. The summed E-state index contributed by atoms with van der Waals surface area (Å²) in [6.45, 7) is 6.07. The second kappa shape index (κ2) is 12.4. The Labute approximate surface area is 116 Å². The molecule has 102 valence electrons. The van der Waals surface area contributed by atoms with E-state index in [1.807, 2.05) is 62.4 Å². The number of para-hydroxylation sites is 1. The summed E-state index contributed by atoms with van der Waals surface area (Å²) in [5.41, 5.74) is 1.19. The van der Waals surface area contributed by atoms with E-state index in [2.05, 4.69) is 12.1 Å². The molecule has 2 nitrogen and oxygen atoms in total. The molecule has 0 amide bonds. The number of ether oxygens (including phenoxy) is 1. The van der Waals surface area contributed by atoms with Gasteiger partial charge in [-0.25, -0.2) is 0 Å². The second-order valence-electron chi connectivity index (χ2n) is 3.32. The van der Waals surface area contributed by atoms with Crippen molar-refractivity contribution < 1.29 is 9.53 Å². The highest BCUT2D eigenvalue weighted by atomic mass is 16.5. The molecule has 2 rings (SSSR count). The fourth-order valence-electron chi connectivity index (χ4n) is 1.26. The predicted octanol–water partition coefficient (Wildman–Crippen LogP) is 4.50. The van der Waals surface area contributed by atoms with Gasteiger partial charge in [0.05, 0.1) is 0 Å². The Hall–Kier alpha value is -2.09. The van der Waals surface area contributed by atoms with Gasteiger partial charge in [0.2, 0.25) is 0 Å². The van der Waals surface area contributed by atoms with Crippen LogP contribution in [0.3, 0.4) is 0 Å². The van der Waals surface area contributed by atoms with Crippen molar-refractivity contribution in [2.24, 2.45) is 0 Å². The first kappa shape index (κ1) is 16.9. The Balaban J connectivity index is 0.000000573. The third-order valence-electron chi connectivity index (χ3n) is 1.99. The van der Waals surface area contributed by atoms with E-state index in [1.54, 1.807) is 0 Å². The Morgan fingerprint density at radius 2 is 1.32 bits per heavy atom. The molecule has 2 heteroatoms. The van der Waals surface area contributed by atoms with Gasteiger partial charge in [-0.15, -0.1) is 0 Å². The van der Waals surface area contributed by atoms with Crippen molar-refractivity contribution in [1.29, 1.82) is 0 Å². The molecule has 0 unspecified atom stereocenters. The summed E-state index contributed by atoms with van der Waals surface area (Å²) >= 11 is 0. The van der Waals surface area contributed by atoms with Crippen LogP contribution < -0.4 is 4.74 Å². The van der Waals surface area contributed by atoms with Gasteiger partial charge in [-0.3, -0.25) is 0 Å². The van der Waals surface area contributed by atoms with E-state index in [9.17, 15) is 0 Å². The van der Waals surface area contributed by atoms with Gasteiger partial charge in [-0.2, -0.15) is 0 Å². The first-order valence-electron chi connectivity index (χ1n) is 6.48. The van der Waals surface area contributed by atoms with Crippen LogP contribution in [0.2, 0.25) is 0 Å². The third kappa shape index (κ3) is 8.61. The zero-order valence-electron chi connectivity index (χ0n) is 11.9. The first-order valence-corrected chi connectivity index (χ1v) is 6.48. The van der Waals surface area contributed by atoms with Crippen LogP contribution in [0.25, 0.3) is 0 Å². The fourth-order valence-corrected chi connectivity index (χ4v) is 1.26. The van der Waals surface area contributed by atoms with E-state index in [-0.39, 0.29) is 0 Å². The lowest BCUT2D eigenvalue weighted by Gasteiger charge is -2.05. The van der Waals surface area contributed by atoms with Crippen molar-refractivity contribution in [3.63, 3.8) is 0 Å². The summed E-state index contributed by atoms with van der Waals surface area (Å²) in [4.78, 5) is 8.81. The highest BCUT2D eigenvalue weighted by molar-refractivity contribution is 5.44. The van der Waals surface area contributed by atoms with Crippen LogP contribution >= 0.6 is 0 Å². The normalized spacial score (nSPS) is 8.16. The Kier molecular flexibility index (Phi) is 11.0. The van der Waals surface area contributed by atoms with Crippen LogP contribution in [0.15, 0.2) is 60.7 Å². The van der Waals surface area contributed by atoms with Crippen molar-refractivity contribution in [3.8, 4) is 5.75 Å². The molecule has 0 radical (unpaired) electrons. The molecule has 0 heterocycles. The molecule has 0 bridgehead atoms. The maximum absolute atomic E-state index is 8.81. The van der Waals surface area contributed by atoms with Gasteiger partial charge < -0.3 is 9.53 Å². The number of hydrogen-bond donors (Lipinski definition) is 0. The van der Waals surface area contributed by atoms with E-state index in [0.717, 1.165) is 12.0 Å². The number of carbonyl (C=O) groups excluding carboxylic acids is 1. The molecule has 0 atom stereocenters. The van der Waals surface area contributed by atoms with Crippen LogP contribution in [-0.4, -0.2) is 6.29 Å². The van der Waals surface area contributed by atoms with E-state index in [1.165, 1.54) is 12.5 Å². The first-order chi connectivity index (χ1) is 9.36. The standard InChI is InChI=1S/C13H12O.C2H4O.C2H6/c1-3-7-12(8-4-1)11-14-13-9-5-2-6-10-13;1-2-3;1-2/h1-10H,11H2;2H,1H3;1-2H3. The van der Waals surface area contributed by atoms with E-state index in [4.69, 9.17) is 9.53 Å². The number of carbonyl (C=O) groups is 1. The molecule has 0 aliphatic rings. The SMILES string of the molecule is CC.CC=O.c1ccc(COc2ccccc2)cc1. The van der Waals surface area contributed by atoms with Crippen molar-refractivity contribution in [1.82, 2.24) is 0 Å². The number of hydrogen-bond acceptors (Lipinski definition) is 2. The number of benzene rings is 2. The molecular formula is C17H22O2. The molecule has 0 saturated carbocycles. The van der Waals surface area contributed by atoms with Gasteiger partial charge in [-0.05, 0) is 24.6 Å².